The molecule has 14 N–H and O–H groups in total. The summed E-state index contributed by atoms with van der Waals surface area (Å²) >= 11 is 0. The zero-order chi connectivity index (χ0) is 58.9. The molecule has 30 nitrogen and oxygen atoms in total. The van der Waals surface area contributed by atoms with Crippen molar-refractivity contribution in [1.29, 1.82) is 0 Å². The third kappa shape index (κ3) is 30.3. The number of hydrogen-bond donors (Lipinski definition) is 13. The summed E-state index contributed by atoms with van der Waals surface area (Å²) < 4.78 is 10.9. The molecule has 0 saturated carbocycles. The van der Waals surface area contributed by atoms with Gasteiger partial charge in [0.2, 0.25) is 35.4 Å². The van der Waals surface area contributed by atoms with Gasteiger partial charge in [0, 0.05) is 58.0 Å². The van der Waals surface area contributed by atoms with E-state index >= 15 is 0 Å². The monoisotopic (exact) mass is 1110 g/mol. The normalized spacial score (nSPS) is 13.5. The van der Waals surface area contributed by atoms with Crippen molar-refractivity contribution in [3.05, 3.63) is 29.8 Å². The number of carbonyl (C=O) groups is 12. The number of nitrogens with two attached hydrogens (primary N) is 1. The van der Waals surface area contributed by atoms with Crippen LogP contribution in [0.4, 0.5) is 0 Å². The van der Waals surface area contributed by atoms with E-state index in [0.717, 1.165) is 15.4 Å². The Morgan fingerprint density at radius 1 is 0.577 bits per heavy atom. The Morgan fingerprint density at radius 3 is 1.54 bits per heavy atom. The van der Waals surface area contributed by atoms with Gasteiger partial charge in [0.25, 0.3) is 0 Å². The number of amides is 6. The Bertz CT molecular complexity index is 2100. The van der Waals surface area contributed by atoms with Crippen molar-refractivity contribution in [2.24, 2.45) is 17.6 Å². The van der Waals surface area contributed by atoms with E-state index in [1.54, 1.807) is 32.9 Å². The lowest BCUT2D eigenvalue weighted by Gasteiger charge is -2.32. The predicted molar refractivity (Wildman–Crippen MR) is 270 cm³/mol. The Morgan fingerprint density at radius 2 is 1.08 bits per heavy atom. The van der Waals surface area contributed by atoms with Crippen molar-refractivity contribution < 1.29 is 103 Å². The predicted octanol–water partition coefficient (Wildman–Crippen LogP) is -3.45. The highest BCUT2D eigenvalue weighted by Crippen LogP contribution is 2.16. The fourth-order valence-electron chi connectivity index (χ4n) is 7.48. The molecule has 0 radical (unpaired) electrons. The number of carboxylic acid groups (broad SMARTS) is 6. The largest absolute Gasteiger partial charge is 0.508 e. The van der Waals surface area contributed by atoms with Crippen LogP contribution in [0.15, 0.2) is 24.3 Å². The molecule has 78 heavy (non-hydrogen) atoms. The topological polar surface area (TPSA) is 461 Å². The molecule has 0 spiro atoms. The molecule has 0 fully saturated rings. The average molecular weight is 1110 g/mol. The Balaban J connectivity index is 2.77. The zero-order valence-electron chi connectivity index (χ0n) is 43.9. The number of phenols is 1. The number of phenolic OH excluding ortho intramolecular Hbond substituents is 1. The number of nitrogens with one attached hydrogen (secondary N) is 5. The number of hydrogen-bond acceptors (Lipinski definition) is 18. The van der Waals surface area contributed by atoms with E-state index in [2.05, 4.69) is 26.6 Å². The second-order valence-corrected chi connectivity index (χ2v) is 18.2. The highest BCUT2D eigenvalue weighted by atomic mass is 16.5. The maximum absolute atomic E-state index is 13.7. The summed E-state index contributed by atoms with van der Waals surface area (Å²) in [6.45, 7) is 0.927. The standard InChI is InChI=1S/C48H75N9O21/c1-4-29(2)43(54-44(71)30(3)23-31-5-7-32(58)8-6-31)47(74)52-33(9-11-36(49)59)46(73)53-34(24-38(61)62)45(72)51-14-20-78-22-21-77-19-13-50-37(60)12-10-35(48(75)76)57(17-15-55(25-39(63)64)26-40(65)66)18-16-56(27-41(67)68)28-42(69)70/h5-8,29-30,33-35,43,58H,4,9-28H2,1-3H3,(H2,49,59)(H,50,60)(H,51,72)(H,52,74)(H,53,73)(H,54,71)(H,61,62)(H,63,64)(H,65,66)(H,67,68)(H,69,70)(H,75,76)/t29?,30-,33-,34-,35-,43-/m0/s1. The summed E-state index contributed by atoms with van der Waals surface area (Å²) in [7, 11) is 0. The molecule has 30 heteroatoms. The van der Waals surface area contributed by atoms with Gasteiger partial charge in [0.1, 0.15) is 29.9 Å². The molecule has 0 bridgehead atoms. The molecular weight excluding hydrogens is 1040 g/mol. The molecule has 0 aliphatic heterocycles. The van der Waals surface area contributed by atoms with Crippen molar-refractivity contribution >= 4 is 71.3 Å². The van der Waals surface area contributed by atoms with E-state index in [0.29, 0.717) is 6.42 Å². The van der Waals surface area contributed by atoms with Crippen molar-refractivity contribution in [1.82, 2.24) is 41.3 Å². The first-order chi connectivity index (χ1) is 36.7. The van der Waals surface area contributed by atoms with Gasteiger partial charge in [-0.05, 0) is 42.9 Å². The lowest BCUT2D eigenvalue weighted by atomic mass is 9.95. The van der Waals surface area contributed by atoms with Crippen molar-refractivity contribution in [2.45, 2.75) is 89.9 Å². The number of primary amides is 1. The molecule has 1 aromatic rings. The van der Waals surface area contributed by atoms with Crippen molar-refractivity contribution in [3.8, 4) is 5.75 Å². The minimum atomic E-state index is -1.65. The lowest BCUT2D eigenvalue weighted by Crippen LogP contribution is -2.58. The number of aromatic hydroxyl groups is 1. The first-order valence-electron chi connectivity index (χ1n) is 24.9. The Labute approximate surface area is 449 Å². The van der Waals surface area contributed by atoms with Gasteiger partial charge in [-0.1, -0.05) is 39.3 Å². The van der Waals surface area contributed by atoms with Gasteiger partial charge in [0.05, 0.1) is 59.0 Å². The maximum atomic E-state index is 13.7. The second-order valence-electron chi connectivity index (χ2n) is 18.2. The van der Waals surface area contributed by atoms with Gasteiger partial charge in [-0.2, -0.15) is 0 Å². The summed E-state index contributed by atoms with van der Waals surface area (Å²) in [5.41, 5.74) is 6.08. The first-order valence-corrected chi connectivity index (χ1v) is 24.9. The smallest absolute Gasteiger partial charge is 0.320 e. The molecule has 6 amide bonds. The molecular formula is C48H75N9O21. The van der Waals surface area contributed by atoms with E-state index in [1.807, 2.05) is 0 Å². The van der Waals surface area contributed by atoms with Crippen LogP contribution in [0.3, 0.4) is 0 Å². The third-order valence-corrected chi connectivity index (χ3v) is 11.7. The molecule has 0 aromatic heterocycles. The summed E-state index contributed by atoms with van der Waals surface area (Å²) in [4.78, 5) is 151. The molecule has 0 saturated heterocycles. The van der Waals surface area contributed by atoms with Gasteiger partial charge in [-0.15, -0.1) is 0 Å². The van der Waals surface area contributed by atoms with E-state index < -0.39 is 140 Å². The summed E-state index contributed by atoms with van der Waals surface area (Å²) in [5, 5.41) is 78.6. The number of benzene rings is 1. The van der Waals surface area contributed by atoms with Crippen LogP contribution < -0.4 is 32.3 Å². The number of nitrogens with zero attached hydrogens (tertiary/aromatic N) is 3. The highest BCUT2D eigenvalue weighted by molar-refractivity contribution is 5.96. The SMILES string of the molecule is CCC(C)[C@H](NC(=O)[C@@H](C)Cc1ccc(O)cc1)C(=O)N[C@@H](CCC(N)=O)C(=O)N[C@@H](CC(=O)O)C(=O)NCCOCCOCCNC(=O)CC[C@@H](C(=O)O)N(CCN(CC(=O)O)CC(=O)O)CCN(CC(=O)O)CC(=O)O. The van der Waals surface area contributed by atoms with Crippen molar-refractivity contribution in [2.75, 3.05) is 91.9 Å². The molecule has 1 rings (SSSR count). The molecule has 1 aromatic carbocycles. The fourth-order valence-corrected chi connectivity index (χ4v) is 7.48. The van der Waals surface area contributed by atoms with E-state index in [9.17, 15) is 93.3 Å². The van der Waals surface area contributed by atoms with E-state index in [-0.39, 0.29) is 104 Å². The van der Waals surface area contributed by atoms with Crippen LogP contribution in [0.25, 0.3) is 0 Å². The highest BCUT2D eigenvalue weighted by Gasteiger charge is 2.34. The summed E-state index contributed by atoms with van der Waals surface area (Å²) in [6.07, 6.45) is -1.55. The maximum Gasteiger partial charge on any atom is 0.320 e. The minimum Gasteiger partial charge on any atom is -0.508 e. The number of ether oxygens (including phenoxy) is 2. The Hall–Kier alpha value is -7.54. The van der Waals surface area contributed by atoms with Crippen LogP contribution in [0, 0.1) is 11.8 Å². The third-order valence-electron chi connectivity index (χ3n) is 11.7. The number of carboxylic acids is 6. The van der Waals surface area contributed by atoms with Crippen LogP contribution in [0.1, 0.15) is 64.9 Å². The number of carbonyl (C=O) groups excluding carboxylic acids is 6. The zero-order valence-corrected chi connectivity index (χ0v) is 43.9. The van der Waals surface area contributed by atoms with Gasteiger partial charge < -0.3 is 77.5 Å². The Kier molecular flexibility index (Phi) is 32.7. The van der Waals surface area contributed by atoms with Crippen LogP contribution in [0.2, 0.25) is 0 Å². The van der Waals surface area contributed by atoms with Gasteiger partial charge in [-0.25, -0.2) is 0 Å². The van der Waals surface area contributed by atoms with E-state index in [1.165, 1.54) is 17.0 Å². The van der Waals surface area contributed by atoms with Gasteiger partial charge in [-0.3, -0.25) is 72.2 Å². The molecule has 0 heterocycles. The average Bonchev–Trinajstić information content (AvgIpc) is 3.34. The number of aliphatic carboxylic acids is 6. The van der Waals surface area contributed by atoms with Gasteiger partial charge in [0.15, 0.2) is 0 Å². The lowest BCUT2D eigenvalue weighted by molar-refractivity contribution is -0.146. The quantitative estimate of drug-likeness (QED) is 0.0283. The summed E-state index contributed by atoms with van der Waals surface area (Å²) in [5.74, 6) is -13.9. The van der Waals surface area contributed by atoms with E-state index in [4.69, 9.17) is 15.2 Å². The van der Waals surface area contributed by atoms with Crippen molar-refractivity contribution in [3.63, 3.8) is 0 Å². The number of rotatable bonds is 44. The van der Waals surface area contributed by atoms with Crippen LogP contribution >= 0.6 is 0 Å². The van der Waals surface area contributed by atoms with Crippen LogP contribution in [-0.2, 0) is 73.4 Å². The molecule has 438 valence electrons. The molecule has 0 aliphatic carbocycles. The fraction of sp³-hybridized carbons (Fsp3) is 0.625. The summed E-state index contributed by atoms with van der Waals surface area (Å²) in [6, 6.07) is 0.541. The molecule has 1 unspecified atom stereocenters. The van der Waals surface area contributed by atoms with Gasteiger partial charge >= 0.3 is 35.8 Å². The van der Waals surface area contributed by atoms with Crippen LogP contribution in [0.5, 0.6) is 5.75 Å². The van der Waals surface area contributed by atoms with Crippen LogP contribution in [-0.4, -0.2) is 238 Å². The minimum absolute atomic E-state index is 0.00206. The molecule has 6 atom stereocenters. The first kappa shape index (κ1) is 68.5. The molecule has 0 aliphatic rings. The second kappa shape index (κ2) is 37.3.